The first kappa shape index (κ1) is 19.4. The number of piperazine rings is 1. The predicted octanol–water partition coefficient (Wildman–Crippen LogP) is 2.26. The molecule has 0 aliphatic carbocycles. The Morgan fingerprint density at radius 2 is 1.81 bits per heavy atom. The van der Waals surface area contributed by atoms with E-state index in [9.17, 15) is 9.59 Å². The Morgan fingerprint density at radius 1 is 1.11 bits per heavy atom. The number of hydrogen-bond donors (Lipinski definition) is 1. The van der Waals surface area contributed by atoms with Crippen LogP contribution in [-0.4, -0.2) is 60.9 Å². The third-order valence-electron chi connectivity index (χ3n) is 5.28. The minimum Gasteiger partial charge on any atom is -0.464 e. The molecule has 0 radical (unpaired) electrons. The van der Waals surface area contributed by atoms with Crippen LogP contribution in [0.5, 0.6) is 0 Å². The molecule has 27 heavy (non-hydrogen) atoms. The molecule has 2 aromatic rings. The standard InChI is InChI=1S/C21H29N3O3/c1-4-5-22-20(25)13-23-6-8-24(9-7-23)21(26)12-17-14-27-19-11-16(3)15(2)10-18(17)19/h10-11,14H,4-9,12-13H2,1-3H3,(H,22,25). The van der Waals surface area contributed by atoms with Gasteiger partial charge in [0.1, 0.15) is 5.58 Å². The lowest BCUT2D eigenvalue weighted by Crippen LogP contribution is -2.51. The van der Waals surface area contributed by atoms with Crippen molar-refractivity contribution in [3.05, 3.63) is 35.1 Å². The van der Waals surface area contributed by atoms with Crippen molar-refractivity contribution in [2.45, 2.75) is 33.6 Å². The highest BCUT2D eigenvalue weighted by molar-refractivity contribution is 5.88. The zero-order chi connectivity index (χ0) is 19.4. The van der Waals surface area contributed by atoms with Gasteiger partial charge in [0.05, 0.1) is 19.2 Å². The van der Waals surface area contributed by atoms with E-state index in [0.29, 0.717) is 26.1 Å². The molecule has 1 N–H and O–H groups in total. The molecule has 146 valence electrons. The molecule has 0 bridgehead atoms. The summed E-state index contributed by atoms with van der Waals surface area (Å²) in [6.07, 6.45) is 3.00. The average molecular weight is 371 g/mol. The highest BCUT2D eigenvalue weighted by Gasteiger charge is 2.23. The van der Waals surface area contributed by atoms with Gasteiger partial charge in [-0.3, -0.25) is 14.5 Å². The van der Waals surface area contributed by atoms with Crippen molar-refractivity contribution >= 4 is 22.8 Å². The predicted molar refractivity (Wildman–Crippen MR) is 106 cm³/mol. The summed E-state index contributed by atoms with van der Waals surface area (Å²) in [4.78, 5) is 28.5. The second-order valence-electron chi connectivity index (χ2n) is 7.38. The monoisotopic (exact) mass is 371 g/mol. The first-order valence-corrected chi connectivity index (χ1v) is 9.72. The van der Waals surface area contributed by atoms with E-state index < -0.39 is 0 Å². The molecule has 1 saturated heterocycles. The second-order valence-corrected chi connectivity index (χ2v) is 7.38. The first-order chi connectivity index (χ1) is 13.0. The van der Waals surface area contributed by atoms with Gasteiger partial charge in [-0.05, 0) is 43.5 Å². The Kier molecular flexibility index (Phi) is 6.16. The van der Waals surface area contributed by atoms with Crippen LogP contribution in [0, 0.1) is 13.8 Å². The van der Waals surface area contributed by atoms with E-state index in [2.05, 4.69) is 30.1 Å². The molecule has 0 spiro atoms. The molecule has 2 heterocycles. The summed E-state index contributed by atoms with van der Waals surface area (Å²) in [5.74, 6) is 0.179. The summed E-state index contributed by atoms with van der Waals surface area (Å²) in [5, 5.41) is 3.92. The third-order valence-corrected chi connectivity index (χ3v) is 5.28. The number of amides is 2. The molecule has 6 nitrogen and oxygen atoms in total. The van der Waals surface area contributed by atoms with Crippen LogP contribution in [0.4, 0.5) is 0 Å². The molecule has 1 fully saturated rings. The molecule has 1 aliphatic rings. The fourth-order valence-electron chi connectivity index (χ4n) is 3.43. The first-order valence-electron chi connectivity index (χ1n) is 9.72. The molecular weight excluding hydrogens is 342 g/mol. The van der Waals surface area contributed by atoms with Gasteiger partial charge in [-0.15, -0.1) is 0 Å². The molecule has 1 aliphatic heterocycles. The van der Waals surface area contributed by atoms with Crippen molar-refractivity contribution in [1.29, 1.82) is 0 Å². The molecule has 2 amide bonds. The average Bonchev–Trinajstić information content (AvgIpc) is 3.02. The van der Waals surface area contributed by atoms with Crippen molar-refractivity contribution in [3.8, 4) is 0 Å². The van der Waals surface area contributed by atoms with Crippen LogP contribution in [0.1, 0.15) is 30.0 Å². The summed E-state index contributed by atoms with van der Waals surface area (Å²) in [6.45, 7) is 10.1. The Labute approximate surface area is 160 Å². The van der Waals surface area contributed by atoms with Crippen LogP contribution in [0.25, 0.3) is 11.0 Å². The van der Waals surface area contributed by atoms with Crippen molar-refractivity contribution in [2.24, 2.45) is 0 Å². The van der Waals surface area contributed by atoms with Gasteiger partial charge in [0.25, 0.3) is 0 Å². The number of hydrogen-bond acceptors (Lipinski definition) is 4. The van der Waals surface area contributed by atoms with E-state index in [1.54, 1.807) is 6.26 Å². The quantitative estimate of drug-likeness (QED) is 0.846. The SMILES string of the molecule is CCCNC(=O)CN1CCN(C(=O)Cc2coc3cc(C)c(C)cc23)CC1. The van der Waals surface area contributed by atoms with Crippen LogP contribution < -0.4 is 5.32 Å². The summed E-state index contributed by atoms with van der Waals surface area (Å²) in [6, 6.07) is 4.13. The van der Waals surface area contributed by atoms with Crippen molar-refractivity contribution in [1.82, 2.24) is 15.1 Å². The molecule has 0 atom stereocenters. The molecule has 1 aromatic heterocycles. The summed E-state index contributed by atoms with van der Waals surface area (Å²) >= 11 is 0. The number of nitrogens with zero attached hydrogens (tertiary/aromatic N) is 2. The molecule has 1 aromatic carbocycles. The highest BCUT2D eigenvalue weighted by Crippen LogP contribution is 2.25. The van der Waals surface area contributed by atoms with Crippen LogP contribution in [0.15, 0.2) is 22.8 Å². The van der Waals surface area contributed by atoms with Crippen molar-refractivity contribution in [2.75, 3.05) is 39.3 Å². The van der Waals surface area contributed by atoms with E-state index in [1.165, 1.54) is 11.1 Å². The lowest BCUT2D eigenvalue weighted by molar-refractivity contribution is -0.132. The van der Waals surface area contributed by atoms with Gasteiger partial charge in [0.15, 0.2) is 0 Å². The van der Waals surface area contributed by atoms with Crippen molar-refractivity contribution < 1.29 is 14.0 Å². The minimum atomic E-state index is 0.0622. The molecule has 6 heteroatoms. The third kappa shape index (κ3) is 4.69. The number of rotatable bonds is 6. The zero-order valence-electron chi connectivity index (χ0n) is 16.5. The summed E-state index contributed by atoms with van der Waals surface area (Å²) in [7, 11) is 0. The number of fused-ring (bicyclic) bond motifs is 1. The Bertz CT molecular complexity index is 819. The maximum atomic E-state index is 12.7. The maximum absolute atomic E-state index is 12.7. The van der Waals surface area contributed by atoms with Crippen LogP contribution in [0.3, 0.4) is 0 Å². The van der Waals surface area contributed by atoms with Gasteiger partial charge in [-0.1, -0.05) is 6.92 Å². The Morgan fingerprint density at radius 3 is 2.52 bits per heavy atom. The molecule has 0 unspecified atom stereocenters. The summed E-state index contributed by atoms with van der Waals surface area (Å²) in [5.41, 5.74) is 4.17. The minimum absolute atomic E-state index is 0.0622. The Hall–Kier alpha value is -2.34. The second kappa shape index (κ2) is 8.57. The van der Waals surface area contributed by atoms with Gasteiger partial charge >= 0.3 is 0 Å². The lowest BCUT2D eigenvalue weighted by atomic mass is 10.0. The Balaban J connectivity index is 1.54. The van der Waals surface area contributed by atoms with Crippen LogP contribution in [0.2, 0.25) is 0 Å². The number of carbonyl (C=O) groups is 2. The number of carbonyl (C=O) groups excluding carboxylic acids is 2. The van der Waals surface area contributed by atoms with Gasteiger partial charge in [0, 0.05) is 43.7 Å². The number of nitrogens with one attached hydrogen (secondary N) is 1. The van der Waals surface area contributed by atoms with Crippen LogP contribution in [-0.2, 0) is 16.0 Å². The number of aryl methyl sites for hydroxylation is 2. The van der Waals surface area contributed by atoms with E-state index in [1.807, 2.05) is 17.9 Å². The van der Waals surface area contributed by atoms with Gasteiger partial charge < -0.3 is 14.6 Å². The van der Waals surface area contributed by atoms with Crippen LogP contribution >= 0.6 is 0 Å². The molecule has 3 rings (SSSR count). The van der Waals surface area contributed by atoms with Gasteiger partial charge in [0.2, 0.25) is 11.8 Å². The zero-order valence-corrected chi connectivity index (χ0v) is 16.5. The fraction of sp³-hybridized carbons (Fsp3) is 0.524. The number of benzene rings is 1. The maximum Gasteiger partial charge on any atom is 0.234 e. The van der Waals surface area contributed by atoms with Crippen molar-refractivity contribution in [3.63, 3.8) is 0 Å². The normalized spacial score (nSPS) is 15.3. The lowest BCUT2D eigenvalue weighted by Gasteiger charge is -2.34. The van der Waals surface area contributed by atoms with E-state index in [-0.39, 0.29) is 11.8 Å². The topological polar surface area (TPSA) is 65.8 Å². The van der Waals surface area contributed by atoms with Gasteiger partial charge in [-0.2, -0.15) is 0 Å². The summed E-state index contributed by atoms with van der Waals surface area (Å²) < 4.78 is 5.64. The highest BCUT2D eigenvalue weighted by atomic mass is 16.3. The smallest absolute Gasteiger partial charge is 0.234 e. The molecule has 0 saturated carbocycles. The van der Waals surface area contributed by atoms with E-state index in [4.69, 9.17) is 4.42 Å². The van der Waals surface area contributed by atoms with Gasteiger partial charge in [-0.25, -0.2) is 0 Å². The molecular formula is C21H29N3O3. The largest absolute Gasteiger partial charge is 0.464 e. The number of furan rings is 1. The fourth-order valence-corrected chi connectivity index (χ4v) is 3.43. The van der Waals surface area contributed by atoms with E-state index >= 15 is 0 Å². The van der Waals surface area contributed by atoms with E-state index in [0.717, 1.165) is 42.6 Å².